The number of nitrogens with one attached hydrogen (secondary N) is 1. The number of aromatic nitrogens is 3. The monoisotopic (exact) mass is 226 g/mol. The van der Waals surface area contributed by atoms with Crippen molar-refractivity contribution < 1.29 is 0 Å². The Morgan fingerprint density at radius 2 is 2.36 bits per heavy atom. The van der Waals surface area contributed by atoms with Crippen LogP contribution in [-0.2, 0) is 13.1 Å². The van der Waals surface area contributed by atoms with Gasteiger partial charge in [-0.3, -0.25) is 0 Å². The first-order valence-corrected chi connectivity index (χ1v) is 5.93. The van der Waals surface area contributed by atoms with E-state index in [1.54, 1.807) is 11.3 Å². The summed E-state index contributed by atoms with van der Waals surface area (Å²) in [7, 11) is 0. The predicted octanol–water partition coefficient (Wildman–Crippen LogP) is 1.59. The quantitative estimate of drug-likeness (QED) is 0.860. The molecule has 0 aliphatic rings. The topological polar surface area (TPSA) is 50.7 Å². The molecule has 2 rings (SSSR count). The molecule has 0 aliphatic carbocycles. The third kappa shape index (κ3) is 2.34. The molecule has 0 aromatic carbocycles. The van der Waals surface area contributed by atoms with Gasteiger partial charge in [-0.1, -0.05) is 4.49 Å². The normalized spacial score (nSPS) is 10.6. The molecule has 6 heteroatoms. The molecule has 0 saturated heterocycles. The van der Waals surface area contributed by atoms with E-state index in [2.05, 4.69) is 19.9 Å². The zero-order valence-electron chi connectivity index (χ0n) is 7.73. The molecule has 74 valence electrons. The van der Waals surface area contributed by atoms with Crippen molar-refractivity contribution in [2.45, 2.75) is 20.0 Å². The third-order valence-corrected chi connectivity index (χ3v) is 3.33. The van der Waals surface area contributed by atoms with Gasteiger partial charge in [0.1, 0.15) is 0 Å². The van der Waals surface area contributed by atoms with Crippen LogP contribution in [0.3, 0.4) is 0 Å². The van der Waals surface area contributed by atoms with E-state index < -0.39 is 0 Å². The van der Waals surface area contributed by atoms with Gasteiger partial charge >= 0.3 is 0 Å². The first kappa shape index (κ1) is 9.70. The van der Waals surface area contributed by atoms with Gasteiger partial charge in [-0.25, -0.2) is 4.98 Å². The van der Waals surface area contributed by atoms with Crippen molar-refractivity contribution in [1.82, 2.24) is 19.9 Å². The van der Waals surface area contributed by atoms with Gasteiger partial charge in [0.15, 0.2) is 0 Å². The highest BCUT2D eigenvalue weighted by atomic mass is 32.1. The summed E-state index contributed by atoms with van der Waals surface area (Å²) in [6.07, 6.45) is 0. The van der Waals surface area contributed by atoms with Crippen LogP contribution in [0.15, 0.2) is 10.9 Å². The number of rotatable bonds is 4. The Morgan fingerprint density at radius 1 is 1.43 bits per heavy atom. The first-order valence-electron chi connectivity index (χ1n) is 4.22. The summed E-state index contributed by atoms with van der Waals surface area (Å²) in [4.78, 5) is 5.47. The molecule has 0 spiro atoms. The van der Waals surface area contributed by atoms with Crippen molar-refractivity contribution in [1.29, 1.82) is 0 Å². The number of hydrogen-bond donors (Lipinski definition) is 1. The van der Waals surface area contributed by atoms with E-state index in [4.69, 9.17) is 0 Å². The lowest BCUT2D eigenvalue weighted by Crippen LogP contribution is -2.12. The van der Waals surface area contributed by atoms with Crippen LogP contribution in [-0.4, -0.2) is 14.6 Å². The summed E-state index contributed by atoms with van der Waals surface area (Å²) >= 11 is 3.06. The molecule has 0 radical (unpaired) electrons. The lowest BCUT2D eigenvalue weighted by atomic mass is 10.4. The minimum absolute atomic E-state index is 0.772. The fraction of sp³-hybridized carbons (Fsp3) is 0.375. The van der Waals surface area contributed by atoms with Crippen LogP contribution >= 0.6 is 22.9 Å². The molecule has 2 heterocycles. The maximum absolute atomic E-state index is 4.18. The molecule has 0 atom stereocenters. The molecule has 1 N–H and O–H groups in total. The van der Waals surface area contributed by atoms with Crippen molar-refractivity contribution in [3.63, 3.8) is 0 Å². The van der Waals surface area contributed by atoms with Gasteiger partial charge in [0.05, 0.1) is 16.9 Å². The van der Waals surface area contributed by atoms with Crippen molar-refractivity contribution in [3.8, 4) is 0 Å². The van der Waals surface area contributed by atoms with E-state index in [0.29, 0.717) is 0 Å². The SMILES string of the molecule is Cc1ncsc1CNCc1csnn1. The number of hydrogen-bond acceptors (Lipinski definition) is 6. The molecule has 0 amide bonds. The first-order chi connectivity index (χ1) is 6.86. The van der Waals surface area contributed by atoms with Gasteiger partial charge in [0.25, 0.3) is 0 Å². The molecular weight excluding hydrogens is 216 g/mol. The van der Waals surface area contributed by atoms with Crippen molar-refractivity contribution in [2.75, 3.05) is 0 Å². The van der Waals surface area contributed by atoms with Gasteiger partial charge < -0.3 is 5.32 Å². The molecular formula is C8H10N4S2. The van der Waals surface area contributed by atoms with Crippen molar-refractivity contribution in [3.05, 3.63) is 27.2 Å². The smallest absolute Gasteiger partial charge is 0.0893 e. The van der Waals surface area contributed by atoms with Crippen LogP contribution in [0.5, 0.6) is 0 Å². The summed E-state index contributed by atoms with van der Waals surface area (Å²) in [5.41, 5.74) is 3.98. The summed E-state index contributed by atoms with van der Waals surface area (Å²) in [6, 6.07) is 0. The Balaban J connectivity index is 1.81. The molecule has 2 aromatic heterocycles. The molecule has 0 bridgehead atoms. The highest BCUT2D eigenvalue weighted by molar-refractivity contribution is 7.09. The molecule has 0 unspecified atom stereocenters. The Labute approximate surface area is 90.2 Å². The molecule has 0 saturated carbocycles. The van der Waals surface area contributed by atoms with Crippen molar-refractivity contribution in [2.24, 2.45) is 0 Å². The van der Waals surface area contributed by atoms with Crippen LogP contribution in [0.2, 0.25) is 0 Å². The van der Waals surface area contributed by atoms with Gasteiger partial charge in [0, 0.05) is 23.3 Å². The fourth-order valence-corrected chi connectivity index (χ4v) is 2.26. The number of nitrogens with zero attached hydrogens (tertiary/aromatic N) is 3. The van der Waals surface area contributed by atoms with Gasteiger partial charge in [-0.15, -0.1) is 16.4 Å². The lowest BCUT2D eigenvalue weighted by Gasteiger charge is -1.99. The van der Waals surface area contributed by atoms with E-state index in [1.165, 1.54) is 16.4 Å². The van der Waals surface area contributed by atoms with Crippen LogP contribution in [0.1, 0.15) is 16.3 Å². The van der Waals surface area contributed by atoms with Crippen LogP contribution in [0, 0.1) is 6.92 Å². The Bertz CT molecular complexity index is 382. The van der Waals surface area contributed by atoms with Gasteiger partial charge in [-0.05, 0) is 18.5 Å². The van der Waals surface area contributed by atoms with E-state index in [0.717, 1.165) is 24.5 Å². The second-order valence-electron chi connectivity index (χ2n) is 2.86. The predicted molar refractivity (Wildman–Crippen MR) is 57.3 cm³/mol. The Hall–Kier alpha value is -0.850. The minimum Gasteiger partial charge on any atom is -0.306 e. The Kier molecular flexibility index (Phi) is 3.18. The summed E-state index contributed by atoms with van der Waals surface area (Å²) < 4.78 is 3.80. The van der Waals surface area contributed by atoms with E-state index in [9.17, 15) is 0 Å². The van der Waals surface area contributed by atoms with Crippen LogP contribution in [0.25, 0.3) is 0 Å². The van der Waals surface area contributed by atoms with Crippen LogP contribution in [0.4, 0.5) is 0 Å². The molecule has 14 heavy (non-hydrogen) atoms. The molecule has 0 aliphatic heterocycles. The number of aryl methyl sites for hydroxylation is 1. The maximum atomic E-state index is 4.18. The van der Waals surface area contributed by atoms with E-state index in [1.807, 2.05) is 17.8 Å². The van der Waals surface area contributed by atoms with Crippen molar-refractivity contribution >= 4 is 22.9 Å². The average molecular weight is 226 g/mol. The third-order valence-electron chi connectivity index (χ3n) is 1.84. The van der Waals surface area contributed by atoms with Crippen LogP contribution < -0.4 is 5.32 Å². The van der Waals surface area contributed by atoms with Gasteiger partial charge in [-0.2, -0.15) is 0 Å². The average Bonchev–Trinajstić information content (AvgIpc) is 2.78. The fourth-order valence-electron chi connectivity index (χ4n) is 1.06. The standard InChI is InChI=1S/C8H10N4S2/c1-6-8(13-5-10-6)3-9-2-7-4-14-12-11-7/h4-5,9H,2-3H2,1H3. The Morgan fingerprint density at radius 3 is 3.00 bits per heavy atom. The van der Waals surface area contributed by atoms with E-state index in [-0.39, 0.29) is 0 Å². The number of thiazole rings is 1. The molecule has 0 fully saturated rings. The second kappa shape index (κ2) is 4.59. The molecule has 2 aromatic rings. The van der Waals surface area contributed by atoms with E-state index >= 15 is 0 Å². The summed E-state index contributed by atoms with van der Waals surface area (Å²) in [6.45, 7) is 3.65. The van der Waals surface area contributed by atoms with Gasteiger partial charge in [0.2, 0.25) is 0 Å². The largest absolute Gasteiger partial charge is 0.306 e. The summed E-state index contributed by atoms with van der Waals surface area (Å²) in [5.74, 6) is 0. The highest BCUT2D eigenvalue weighted by Crippen LogP contribution is 2.11. The second-order valence-corrected chi connectivity index (χ2v) is 4.41. The minimum atomic E-state index is 0.772. The summed E-state index contributed by atoms with van der Waals surface area (Å²) in [5, 5.41) is 9.21. The highest BCUT2D eigenvalue weighted by Gasteiger charge is 2.01. The zero-order chi connectivity index (χ0) is 9.80. The molecule has 4 nitrogen and oxygen atoms in total. The lowest BCUT2D eigenvalue weighted by molar-refractivity contribution is 0.681. The maximum Gasteiger partial charge on any atom is 0.0893 e. The zero-order valence-corrected chi connectivity index (χ0v) is 9.36.